The maximum atomic E-state index is 12.2. The lowest BCUT2D eigenvalue weighted by atomic mass is 10.1. The third-order valence-electron chi connectivity index (χ3n) is 3.85. The normalized spacial score (nSPS) is 11.9. The summed E-state index contributed by atoms with van der Waals surface area (Å²) < 4.78 is 6.61. The summed E-state index contributed by atoms with van der Waals surface area (Å²) in [5.74, 6) is -0.240. The molecule has 3 rings (SSSR count). The van der Waals surface area contributed by atoms with Crippen LogP contribution in [0.2, 0.25) is 0 Å². The first-order chi connectivity index (χ1) is 12.0. The second-order valence-electron chi connectivity index (χ2n) is 5.59. The second kappa shape index (κ2) is 6.60. The van der Waals surface area contributed by atoms with E-state index in [2.05, 4.69) is 15.6 Å². The van der Waals surface area contributed by atoms with Gasteiger partial charge in [0.2, 0.25) is 0 Å². The van der Waals surface area contributed by atoms with Crippen molar-refractivity contribution in [3.8, 4) is 5.69 Å². The van der Waals surface area contributed by atoms with Crippen molar-refractivity contribution in [1.82, 2.24) is 20.3 Å². The number of nitrogens with one attached hydrogen (secondary N) is 1. The number of aryl methyl sites for hydroxylation is 1. The molecule has 0 fully saturated rings. The van der Waals surface area contributed by atoms with Gasteiger partial charge < -0.3 is 15.5 Å². The van der Waals surface area contributed by atoms with Gasteiger partial charge in [0.05, 0.1) is 29.8 Å². The summed E-state index contributed by atoms with van der Waals surface area (Å²) in [6.07, 6.45) is 2.95. The third-order valence-corrected chi connectivity index (χ3v) is 3.85. The number of hydrogen-bond acceptors (Lipinski definition) is 5. The number of nitrogens with two attached hydrogens (primary N) is 1. The molecule has 128 valence electrons. The lowest BCUT2D eigenvalue weighted by Gasteiger charge is -2.14. The van der Waals surface area contributed by atoms with Crippen molar-refractivity contribution in [2.75, 3.05) is 0 Å². The van der Waals surface area contributed by atoms with E-state index in [1.807, 2.05) is 31.2 Å². The number of benzene rings is 1. The lowest BCUT2D eigenvalue weighted by Crippen LogP contribution is -2.26. The number of rotatable bonds is 5. The second-order valence-corrected chi connectivity index (χ2v) is 5.59. The first kappa shape index (κ1) is 16.4. The molecule has 25 heavy (non-hydrogen) atoms. The van der Waals surface area contributed by atoms with Crippen LogP contribution in [0.3, 0.4) is 0 Å². The first-order valence-electron chi connectivity index (χ1n) is 7.63. The van der Waals surface area contributed by atoms with Gasteiger partial charge in [-0.15, -0.1) is 5.10 Å². The van der Waals surface area contributed by atoms with Gasteiger partial charge in [-0.1, -0.05) is 17.3 Å². The highest BCUT2D eigenvalue weighted by Crippen LogP contribution is 2.17. The number of furan rings is 1. The van der Waals surface area contributed by atoms with E-state index >= 15 is 0 Å². The maximum Gasteiger partial charge on any atom is 0.270 e. The topological polar surface area (TPSA) is 116 Å². The van der Waals surface area contributed by atoms with Crippen LogP contribution >= 0.6 is 0 Å². The first-order valence-corrected chi connectivity index (χ1v) is 7.63. The summed E-state index contributed by atoms with van der Waals surface area (Å²) in [5.41, 5.74) is 7.43. The van der Waals surface area contributed by atoms with Crippen LogP contribution in [0.15, 0.2) is 47.2 Å². The molecule has 0 unspecified atom stereocenters. The van der Waals surface area contributed by atoms with Crippen LogP contribution in [0, 0.1) is 6.92 Å². The highest BCUT2D eigenvalue weighted by atomic mass is 16.3. The van der Waals surface area contributed by atoms with Crippen LogP contribution < -0.4 is 11.1 Å². The van der Waals surface area contributed by atoms with Crippen LogP contribution in [0.1, 0.15) is 45.1 Å². The summed E-state index contributed by atoms with van der Waals surface area (Å²) in [6, 6.07) is 8.83. The Bertz CT molecular complexity index is 911. The van der Waals surface area contributed by atoms with Crippen LogP contribution in [0.5, 0.6) is 0 Å². The molecule has 8 nitrogen and oxygen atoms in total. The quantitative estimate of drug-likeness (QED) is 0.735. The molecule has 1 atom stereocenters. The van der Waals surface area contributed by atoms with Crippen LogP contribution in [-0.2, 0) is 0 Å². The minimum absolute atomic E-state index is 0.0974. The minimum Gasteiger partial charge on any atom is -0.469 e. The van der Waals surface area contributed by atoms with Crippen LogP contribution in [0.25, 0.3) is 5.69 Å². The Morgan fingerprint density at radius 2 is 1.96 bits per heavy atom. The van der Waals surface area contributed by atoms with Crippen molar-refractivity contribution in [3.63, 3.8) is 0 Å². The Hall–Kier alpha value is -3.42. The summed E-state index contributed by atoms with van der Waals surface area (Å²) in [6.45, 7) is 3.63. The highest BCUT2D eigenvalue weighted by molar-refractivity contribution is 5.95. The van der Waals surface area contributed by atoms with Crippen LogP contribution in [0.4, 0.5) is 0 Å². The molecule has 3 N–H and O–H groups in total. The zero-order valence-electron chi connectivity index (χ0n) is 13.8. The van der Waals surface area contributed by atoms with E-state index in [0.29, 0.717) is 11.3 Å². The third kappa shape index (κ3) is 3.42. The molecule has 2 aromatic heterocycles. The molecule has 0 saturated heterocycles. The van der Waals surface area contributed by atoms with Gasteiger partial charge in [-0.3, -0.25) is 9.59 Å². The van der Waals surface area contributed by atoms with Gasteiger partial charge in [-0.05, 0) is 37.6 Å². The van der Waals surface area contributed by atoms with Crippen molar-refractivity contribution in [3.05, 3.63) is 65.4 Å². The molecule has 0 bridgehead atoms. The monoisotopic (exact) mass is 339 g/mol. The molecule has 0 radical (unpaired) electrons. The van der Waals surface area contributed by atoms with E-state index in [1.165, 1.54) is 17.1 Å². The van der Waals surface area contributed by atoms with E-state index in [-0.39, 0.29) is 17.6 Å². The Kier molecular flexibility index (Phi) is 4.34. The molecule has 1 aromatic carbocycles. The van der Waals surface area contributed by atoms with Gasteiger partial charge in [0.1, 0.15) is 5.76 Å². The summed E-state index contributed by atoms with van der Waals surface area (Å²) in [7, 11) is 0. The highest BCUT2D eigenvalue weighted by Gasteiger charge is 2.15. The zero-order valence-corrected chi connectivity index (χ0v) is 13.8. The predicted molar refractivity (Wildman–Crippen MR) is 89.2 cm³/mol. The SMILES string of the molecule is Cc1occc1C(=O)N[C@@H](C)c1ccc(-n2cc(C(N)=O)nn2)cc1. The van der Waals surface area contributed by atoms with E-state index in [0.717, 1.165) is 11.3 Å². The number of carbonyl (C=O) groups is 2. The number of amides is 2. The summed E-state index contributed by atoms with van der Waals surface area (Å²) in [4.78, 5) is 23.3. The molecular weight excluding hydrogens is 322 g/mol. The Morgan fingerprint density at radius 1 is 1.24 bits per heavy atom. The molecule has 8 heteroatoms. The fourth-order valence-corrected chi connectivity index (χ4v) is 2.40. The maximum absolute atomic E-state index is 12.2. The van der Waals surface area contributed by atoms with Gasteiger partial charge >= 0.3 is 0 Å². The van der Waals surface area contributed by atoms with E-state index in [4.69, 9.17) is 10.2 Å². The molecule has 0 aliphatic rings. The van der Waals surface area contributed by atoms with Gasteiger partial charge in [0, 0.05) is 0 Å². The molecule has 3 aromatic rings. The average Bonchev–Trinajstić information content (AvgIpc) is 3.24. The molecule has 2 heterocycles. The molecular formula is C17H17N5O3. The molecule has 2 amide bonds. The van der Waals surface area contributed by atoms with Crippen molar-refractivity contribution in [1.29, 1.82) is 0 Å². The van der Waals surface area contributed by atoms with Gasteiger partial charge in [-0.25, -0.2) is 4.68 Å². The molecule has 0 aliphatic carbocycles. The predicted octanol–water partition coefficient (Wildman–Crippen LogP) is 1.76. The Morgan fingerprint density at radius 3 is 2.52 bits per heavy atom. The fourth-order valence-electron chi connectivity index (χ4n) is 2.40. The Labute approximate surface area is 143 Å². The van der Waals surface area contributed by atoms with Crippen molar-refractivity contribution < 1.29 is 14.0 Å². The molecule has 0 aliphatic heterocycles. The number of primary amides is 1. The Balaban J connectivity index is 1.72. The number of aromatic nitrogens is 3. The van der Waals surface area contributed by atoms with E-state index in [9.17, 15) is 9.59 Å². The van der Waals surface area contributed by atoms with E-state index in [1.54, 1.807) is 13.0 Å². The van der Waals surface area contributed by atoms with E-state index < -0.39 is 5.91 Å². The summed E-state index contributed by atoms with van der Waals surface area (Å²) >= 11 is 0. The molecule has 0 saturated carbocycles. The smallest absolute Gasteiger partial charge is 0.270 e. The largest absolute Gasteiger partial charge is 0.469 e. The van der Waals surface area contributed by atoms with Gasteiger partial charge in [-0.2, -0.15) is 0 Å². The van der Waals surface area contributed by atoms with Crippen molar-refractivity contribution in [2.24, 2.45) is 5.73 Å². The van der Waals surface area contributed by atoms with Gasteiger partial charge in [0.15, 0.2) is 5.69 Å². The number of carbonyl (C=O) groups excluding carboxylic acids is 2. The minimum atomic E-state index is -0.631. The van der Waals surface area contributed by atoms with Crippen LogP contribution in [-0.4, -0.2) is 26.8 Å². The van der Waals surface area contributed by atoms with Gasteiger partial charge in [0.25, 0.3) is 11.8 Å². The molecule has 0 spiro atoms. The summed E-state index contributed by atoms with van der Waals surface area (Å²) in [5, 5.41) is 10.5. The standard InChI is InChI=1S/C17H17N5O3/c1-10(19-17(24)14-7-8-25-11(14)2)12-3-5-13(6-4-12)22-9-15(16(18)23)20-21-22/h3-10H,1-2H3,(H2,18,23)(H,19,24)/t10-/m0/s1. The van der Waals surface area contributed by atoms with Crippen molar-refractivity contribution in [2.45, 2.75) is 19.9 Å². The van der Waals surface area contributed by atoms with Crippen molar-refractivity contribution >= 4 is 11.8 Å². The number of nitrogens with zero attached hydrogens (tertiary/aromatic N) is 3. The average molecular weight is 339 g/mol. The lowest BCUT2D eigenvalue weighted by molar-refractivity contribution is 0.0937. The number of hydrogen-bond donors (Lipinski definition) is 2. The zero-order chi connectivity index (χ0) is 18.0. The fraction of sp³-hybridized carbons (Fsp3) is 0.176.